The number of nitrogens with one attached hydrogen (secondary N) is 2. The normalized spacial score (nSPS) is 38.1. The molecule has 0 amide bonds. The van der Waals surface area contributed by atoms with Crippen LogP contribution in [0.1, 0.15) is 31.7 Å². The fourth-order valence-electron chi connectivity index (χ4n) is 4.76. The van der Waals surface area contributed by atoms with Crippen LogP contribution in [0.4, 0.5) is 11.6 Å². The van der Waals surface area contributed by atoms with Gasteiger partial charge in [0.15, 0.2) is 0 Å². The summed E-state index contributed by atoms with van der Waals surface area (Å²) < 4.78 is 0. The first kappa shape index (κ1) is 11.5. The van der Waals surface area contributed by atoms with Gasteiger partial charge in [0.25, 0.3) is 0 Å². The van der Waals surface area contributed by atoms with E-state index in [2.05, 4.69) is 27.5 Å². The third-order valence-corrected chi connectivity index (χ3v) is 5.57. The third-order valence-electron chi connectivity index (χ3n) is 5.57. The zero-order chi connectivity index (χ0) is 13.0. The minimum atomic E-state index is 0.691. The lowest BCUT2D eigenvalue weighted by molar-refractivity contribution is 0.456. The van der Waals surface area contributed by atoms with Crippen LogP contribution in [0.3, 0.4) is 0 Å². The van der Waals surface area contributed by atoms with Crippen LogP contribution in [0.15, 0.2) is 6.33 Å². The van der Waals surface area contributed by atoms with E-state index in [-0.39, 0.29) is 0 Å². The summed E-state index contributed by atoms with van der Waals surface area (Å²) in [6, 6.07) is 0.691. The van der Waals surface area contributed by atoms with Crippen LogP contribution < -0.4 is 10.6 Å². The summed E-state index contributed by atoms with van der Waals surface area (Å²) >= 11 is 0. The van der Waals surface area contributed by atoms with Gasteiger partial charge in [-0.05, 0) is 49.4 Å². The predicted octanol–water partition coefficient (Wildman–Crippen LogP) is 2.54. The summed E-state index contributed by atoms with van der Waals surface area (Å²) in [6.07, 6.45) is 7.07. The first-order chi connectivity index (χ1) is 9.33. The second-order valence-electron chi connectivity index (χ2n) is 6.31. The number of aromatic nitrogens is 2. The van der Waals surface area contributed by atoms with Crippen molar-refractivity contribution >= 4 is 11.6 Å². The molecule has 4 nitrogen and oxygen atoms in total. The van der Waals surface area contributed by atoms with Gasteiger partial charge in [-0.2, -0.15) is 0 Å². The van der Waals surface area contributed by atoms with E-state index in [1.807, 2.05) is 7.05 Å². The molecule has 2 bridgehead atoms. The summed E-state index contributed by atoms with van der Waals surface area (Å²) in [7, 11) is 1.93. The first-order valence-corrected chi connectivity index (χ1v) is 7.61. The Bertz CT molecular complexity index is 485. The Morgan fingerprint density at radius 3 is 2.47 bits per heavy atom. The van der Waals surface area contributed by atoms with Gasteiger partial charge in [-0.3, -0.25) is 0 Å². The van der Waals surface area contributed by atoms with E-state index >= 15 is 0 Å². The maximum atomic E-state index is 4.47. The molecule has 4 heteroatoms. The second-order valence-corrected chi connectivity index (χ2v) is 6.31. The predicted molar refractivity (Wildman–Crippen MR) is 76.2 cm³/mol. The monoisotopic (exact) mass is 258 g/mol. The van der Waals surface area contributed by atoms with Crippen LogP contribution in [0.5, 0.6) is 0 Å². The zero-order valence-corrected chi connectivity index (χ0v) is 11.7. The topological polar surface area (TPSA) is 49.8 Å². The molecule has 1 aromatic rings. The summed E-state index contributed by atoms with van der Waals surface area (Å²) in [6.45, 7) is 2.17. The Morgan fingerprint density at radius 1 is 1.16 bits per heavy atom. The minimum Gasteiger partial charge on any atom is -0.373 e. The van der Waals surface area contributed by atoms with Gasteiger partial charge in [-0.1, -0.05) is 6.92 Å². The first-order valence-electron chi connectivity index (χ1n) is 7.61. The summed E-state index contributed by atoms with van der Waals surface area (Å²) in [5.41, 5.74) is 1.22. The zero-order valence-electron chi connectivity index (χ0n) is 11.7. The number of fused-ring (bicyclic) bond motifs is 5. The molecule has 1 heterocycles. The Kier molecular flexibility index (Phi) is 2.47. The third kappa shape index (κ3) is 1.58. The standard InChI is InChI=1S/C15H22N4/c1-3-10-14(16-2)17-7-18-15(10)19-13-11-8-4-5-9(6-8)12(11)13/h7-9,11-13H,3-6H2,1-2H3,(H2,16,17,18,19). The fraction of sp³-hybridized carbons (Fsp3) is 0.733. The highest BCUT2D eigenvalue weighted by atomic mass is 15.1. The smallest absolute Gasteiger partial charge is 0.134 e. The van der Waals surface area contributed by atoms with Crippen molar-refractivity contribution in [2.75, 3.05) is 17.7 Å². The Hall–Kier alpha value is -1.32. The summed E-state index contributed by atoms with van der Waals surface area (Å²) in [5.74, 6) is 5.91. The lowest BCUT2D eigenvalue weighted by atomic mass is 10.0. The SMILES string of the molecule is CCc1c(NC)ncnc1NC1C2C3CCC(C3)C12. The van der Waals surface area contributed by atoms with Crippen molar-refractivity contribution in [3.63, 3.8) is 0 Å². The van der Waals surface area contributed by atoms with Crippen molar-refractivity contribution in [2.24, 2.45) is 23.7 Å². The van der Waals surface area contributed by atoms with E-state index in [0.717, 1.165) is 41.7 Å². The van der Waals surface area contributed by atoms with E-state index in [4.69, 9.17) is 0 Å². The molecule has 0 spiro atoms. The van der Waals surface area contributed by atoms with Gasteiger partial charge in [0.2, 0.25) is 0 Å². The molecule has 3 aliphatic rings. The van der Waals surface area contributed by atoms with Crippen molar-refractivity contribution in [3.05, 3.63) is 11.9 Å². The van der Waals surface area contributed by atoms with Gasteiger partial charge in [-0.15, -0.1) is 0 Å². The van der Waals surface area contributed by atoms with Gasteiger partial charge in [0.05, 0.1) is 0 Å². The lowest BCUT2D eigenvalue weighted by Gasteiger charge is -2.15. The van der Waals surface area contributed by atoms with Crippen LogP contribution in [0.25, 0.3) is 0 Å². The molecule has 3 fully saturated rings. The number of hydrogen-bond donors (Lipinski definition) is 2. The fourth-order valence-corrected chi connectivity index (χ4v) is 4.76. The maximum Gasteiger partial charge on any atom is 0.134 e. The average molecular weight is 258 g/mol. The molecule has 3 saturated carbocycles. The quantitative estimate of drug-likeness (QED) is 0.871. The molecule has 1 aromatic heterocycles. The average Bonchev–Trinajstić information content (AvgIpc) is 2.85. The van der Waals surface area contributed by atoms with Crippen LogP contribution in [0, 0.1) is 23.7 Å². The number of hydrogen-bond acceptors (Lipinski definition) is 4. The van der Waals surface area contributed by atoms with Crippen molar-refractivity contribution in [2.45, 2.75) is 38.6 Å². The van der Waals surface area contributed by atoms with Gasteiger partial charge < -0.3 is 10.6 Å². The molecule has 0 saturated heterocycles. The molecule has 102 valence electrons. The van der Waals surface area contributed by atoms with Crippen molar-refractivity contribution in [3.8, 4) is 0 Å². The van der Waals surface area contributed by atoms with Gasteiger partial charge >= 0.3 is 0 Å². The molecule has 0 aromatic carbocycles. The van der Waals surface area contributed by atoms with Crippen LogP contribution in [-0.2, 0) is 6.42 Å². The van der Waals surface area contributed by atoms with Gasteiger partial charge in [0.1, 0.15) is 18.0 Å². The summed E-state index contributed by atoms with van der Waals surface area (Å²) in [5, 5.41) is 6.89. The highest BCUT2D eigenvalue weighted by molar-refractivity contribution is 5.58. The van der Waals surface area contributed by atoms with E-state index < -0.39 is 0 Å². The highest BCUT2D eigenvalue weighted by Gasteiger charge is 2.65. The largest absolute Gasteiger partial charge is 0.373 e. The molecule has 3 aliphatic carbocycles. The van der Waals surface area contributed by atoms with Crippen LogP contribution in [-0.4, -0.2) is 23.1 Å². The van der Waals surface area contributed by atoms with Crippen LogP contribution >= 0.6 is 0 Å². The number of nitrogens with zero attached hydrogens (tertiary/aromatic N) is 2. The Morgan fingerprint density at radius 2 is 1.84 bits per heavy atom. The minimum absolute atomic E-state index is 0.691. The number of anilines is 2. The lowest BCUT2D eigenvalue weighted by Crippen LogP contribution is -2.16. The number of rotatable bonds is 4. The molecule has 2 N–H and O–H groups in total. The molecule has 19 heavy (non-hydrogen) atoms. The van der Waals surface area contributed by atoms with Crippen molar-refractivity contribution in [1.29, 1.82) is 0 Å². The van der Waals surface area contributed by atoms with E-state index in [1.54, 1.807) is 6.33 Å². The molecular weight excluding hydrogens is 236 g/mol. The summed E-state index contributed by atoms with van der Waals surface area (Å²) in [4.78, 5) is 8.78. The molecular formula is C15H22N4. The second kappa shape index (κ2) is 4.09. The van der Waals surface area contributed by atoms with Crippen molar-refractivity contribution < 1.29 is 0 Å². The van der Waals surface area contributed by atoms with Crippen molar-refractivity contribution in [1.82, 2.24) is 9.97 Å². The van der Waals surface area contributed by atoms with Gasteiger partial charge in [0, 0.05) is 18.7 Å². The molecule has 4 rings (SSSR count). The molecule has 0 radical (unpaired) electrons. The highest BCUT2D eigenvalue weighted by Crippen LogP contribution is 2.66. The Labute approximate surface area is 114 Å². The molecule has 4 unspecified atom stereocenters. The van der Waals surface area contributed by atoms with Crippen LogP contribution in [0.2, 0.25) is 0 Å². The van der Waals surface area contributed by atoms with E-state index in [0.29, 0.717) is 6.04 Å². The van der Waals surface area contributed by atoms with E-state index in [1.165, 1.54) is 24.8 Å². The van der Waals surface area contributed by atoms with Gasteiger partial charge in [-0.25, -0.2) is 9.97 Å². The molecule has 0 aliphatic heterocycles. The van der Waals surface area contributed by atoms with E-state index in [9.17, 15) is 0 Å². The molecule has 4 atom stereocenters. The maximum absolute atomic E-state index is 4.47. The Balaban J connectivity index is 1.55.